The van der Waals surface area contributed by atoms with Crippen LogP contribution in [0.2, 0.25) is 0 Å². The van der Waals surface area contributed by atoms with Gasteiger partial charge in [0.2, 0.25) is 0 Å². The maximum atomic E-state index is 11.6. The van der Waals surface area contributed by atoms with Gasteiger partial charge in [-0.3, -0.25) is 4.79 Å². The molecule has 1 aromatic rings. The van der Waals surface area contributed by atoms with Gasteiger partial charge < -0.3 is 10.3 Å². The van der Waals surface area contributed by atoms with Gasteiger partial charge >= 0.3 is 0 Å². The minimum Gasteiger partial charge on any atom is -0.394 e. The molecule has 2 rings (SSSR count). The van der Waals surface area contributed by atoms with Crippen molar-refractivity contribution in [1.82, 2.24) is 4.57 Å². The molecule has 3 heteroatoms. The van der Waals surface area contributed by atoms with Crippen LogP contribution in [-0.4, -0.2) is 4.57 Å². The van der Waals surface area contributed by atoms with Crippen molar-refractivity contribution in [1.29, 1.82) is 0 Å². The molecule has 1 aliphatic carbocycles. The van der Waals surface area contributed by atoms with Crippen molar-refractivity contribution in [2.75, 3.05) is 5.73 Å². The molecule has 0 aromatic carbocycles. The van der Waals surface area contributed by atoms with Crippen LogP contribution in [0.1, 0.15) is 31.4 Å². The fourth-order valence-corrected chi connectivity index (χ4v) is 1.67. The van der Waals surface area contributed by atoms with Gasteiger partial charge in [-0.2, -0.15) is 0 Å². The van der Waals surface area contributed by atoms with Gasteiger partial charge in [0.15, 0.2) is 0 Å². The second-order valence-corrected chi connectivity index (χ2v) is 3.54. The maximum Gasteiger partial charge on any atom is 0.273 e. The fraction of sp³-hybridized carbons (Fsp3) is 0.500. The predicted octanol–water partition coefficient (Wildman–Crippen LogP) is 1.33. The number of rotatable bonds is 2. The second kappa shape index (κ2) is 2.91. The highest BCUT2D eigenvalue weighted by Crippen LogP contribution is 2.39. The molecule has 1 heterocycles. The molecule has 1 aliphatic rings. The number of nitrogens with two attached hydrogens (primary N) is 1. The lowest BCUT2D eigenvalue weighted by Gasteiger charge is -2.10. The van der Waals surface area contributed by atoms with Crippen LogP contribution in [0, 0.1) is 0 Å². The summed E-state index contributed by atoms with van der Waals surface area (Å²) >= 11 is 0. The molecule has 1 saturated carbocycles. The monoisotopic (exact) mass is 178 g/mol. The summed E-state index contributed by atoms with van der Waals surface area (Å²) in [6.07, 6.45) is 2.42. The van der Waals surface area contributed by atoms with Crippen molar-refractivity contribution in [2.45, 2.75) is 32.2 Å². The zero-order valence-electron chi connectivity index (χ0n) is 7.79. The van der Waals surface area contributed by atoms with Gasteiger partial charge in [0.25, 0.3) is 5.56 Å². The normalized spacial score (nSPS) is 16.1. The fourth-order valence-electron chi connectivity index (χ4n) is 1.67. The van der Waals surface area contributed by atoms with Crippen molar-refractivity contribution in [3.05, 3.63) is 28.2 Å². The van der Waals surface area contributed by atoms with E-state index in [-0.39, 0.29) is 5.56 Å². The molecule has 0 unspecified atom stereocenters. The topological polar surface area (TPSA) is 48.0 Å². The van der Waals surface area contributed by atoms with Crippen LogP contribution >= 0.6 is 0 Å². The van der Waals surface area contributed by atoms with Gasteiger partial charge in [-0.05, 0) is 37.8 Å². The van der Waals surface area contributed by atoms with Gasteiger partial charge in [0.1, 0.15) is 0 Å². The van der Waals surface area contributed by atoms with Crippen LogP contribution in [-0.2, 0) is 6.54 Å². The summed E-state index contributed by atoms with van der Waals surface area (Å²) < 4.78 is 1.78. The van der Waals surface area contributed by atoms with Gasteiger partial charge in [0.05, 0.1) is 5.69 Å². The Morgan fingerprint density at radius 3 is 2.77 bits per heavy atom. The number of hydrogen-bond donors (Lipinski definition) is 1. The zero-order valence-corrected chi connectivity index (χ0v) is 7.79. The summed E-state index contributed by atoms with van der Waals surface area (Å²) in [7, 11) is 0. The van der Waals surface area contributed by atoms with Crippen molar-refractivity contribution >= 4 is 5.69 Å². The Morgan fingerprint density at radius 1 is 1.54 bits per heavy atom. The van der Waals surface area contributed by atoms with Crippen molar-refractivity contribution < 1.29 is 0 Å². The molecule has 1 aromatic heterocycles. The van der Waals surface area contributed by atoms with Gasteiger partial charge in [-0.15, -0.1) is 0 Å². The quantitative estimate of drug-likeness (QED) is 0.742. The standard InChI is InChI=1S/C10H14N2O/c1-2-12-9(7-3-4-7)6-5-8(11)10(12)13/h5-7H,2-4,11H2,1H3. The lowest BCUT2D eigenvalue weighted by atomic mass is 10.2. The Morgan fingerprint density at radius 2 is 2.23 bits per heavy atom. The smallest absolute Gasteiger partial charge is 0.273 e. The van der Waals surface area contributed by atoms with E-state index >= 15 is 0 Å². The molecule has 0 bridgehead atoms. The lowest BCUT2D eigenvalue weighted by molar-refractivity contribution is 0.679. The third-order valence-electron chi connectivity index (χ3n) is 2.55. The molecular weight excluding hydrogens is 164 g/mol. The first-order valence-electron chi connectivity index (χ1n) is 4.73. The number of hydrogen-bond acceptors (Lipinski definition) is 2. The second-order valence-electron chi connectivity index (χ2n) is 3.54. The van der Waals surface area contributed by atoms with Crippen LogP contribution < -0.4 is 11.3 Å². The highest BCUT2D eigenvalue weighted by molar-refractivity contribution is 5.37. The number of nitrogen functional groups attached to an aromatic ring is 1. The Kier molecular flexibility index (Phi) is 1.87. The average Bonchev–Trinajstić information content (AvgIpc) is 2.92. The molecule has 0 radical (unpaired) electrons. The minimum atomic E-state index is -0.0353. The van der Waals surface area contributed by atoms with E-state index in [0.29, 0.717) is 11.6 Å². The van der Waals surface area contributed by atoms with E-state index in [1.807, 2.05) is 13.0 Å². The molecule has 1 fully saturated rings. The maximum absolute atomic E-state index is 11.6. The first-order valence-corrected chi connectivity index (χ1v) is 4.73. The Balaban J connectivity index is 2.56. The molecule has 0 amide bonds. The van der Waals surface area contributed by atoms with Crippen LogP contribution in [0.3, 0.4) is 0 Å². The summed E-state index contributed by atoms with van der Waals surface area (Å²) in [5, 5.41) is 0. The highest BCUT2D eigenvalue weighted by atomic mass is 16.1. The van der Waals surface area contributed by atoms with E-state index in [0.717, 1.165) is 12.2 Å². The number of aromatic nitrogens is 1. The molecule has 0 atom stereocenters. The molecule has 70 valence electrons. The lowest BCUT2D eigenvalue weighted by Crippen LogP contribution is -2.24. The SMILES string of the molecule is CCn1c(C2CC2)ccc(N)c1=O. The van der Waals surface area contributed by atoms with E-state index < -0.39 is 0 Å². The third-order valence-corrected chi connectivity index (χ3v) is 2.55. The van der Waals surface area contributed by atoms with Gasteiger partial charge in [-0.25, -0.2) is 0 Å². The number of nitrogens with zero attached hydrogens (tertiary/aromatic N) is 1. The summed E-state index contributed by atoms with van der Waals surface area (Å²) in [4.78, 5) is 11.6. The molecule has 13 heavy (non-hydrogen) atoms. The largest absolute Gasteiger partial charge is 0.394 e. The van der Waals surface area contributed by atoms with E-state index in [9.17, 15) is 4.79 Å². The molecule has 3 nitrogen and oxygen atoms in total. The predicted molar refractivity (Wildman–Crippen MR) is 52.8 cm³/mol. The molecule has 0 aliphatic heterocycles. The van der Waals surface area contributed by atoms with Crippen LogP contribution in [0.5, 0.6) is 0 Å². The molecule has 0 spiro atoms. The Labute approximate surface area is 77.2 Å². The highest BCUT2D eigenvalue weighted by Gasteiger charge is 2.26. The van der Waals surface area contributed by atoms with E-state index in [4.69, 9.17) is 5.73 Å². The minimum absolute atomic E-state index is 0.0353. The summed E-state index contributed by atoms with van der Waals surface area (Å²) in [5.74, 6) is 0.605. The summed E-state index contributed by atoms with van der Waals surface area (Å²) in [6.45, 7) is 2.70. The van der Waals surface area contributed by atoms with E-state index in [2.05, 4.69) is 0 Å². The molecule has 2 N–H and O–H groups in total. The van der Waals surface area contributed by atoms with Crippen molar-refractivity contribution in [3.8, 4) is 0 Å². The average molecular weight is 178 g/mol. The number of pyridine rings is 1. The first-order chi connectivity index (χ1) is 6.24. The summed E-state index contributed by atoms with van der Waals surface area (Å²) in [5.41, 5.74) is 7.02. The van der Waals surface area contributed by atoms with E-state index in [1.54, 1.807) is 10.6 Å². The third kappa shape index (κ3) is 1.34. The number of anilines is 1. The summed E-state index contributed by atoms with van der Waals surface area (Å²) in [6, 6.07) is 3.71. The Hall–Kier alpha value is -1.25. The molecular formula is C10H14N2O. The van der Waals surface area contributed by atoms with Crippen LogP contribution in [0.15, 0.2) is 16.9 Å². The van der Waals surface area contributed by atoms with Crippen LogP contribution in [0.25, 0.3) is 0 Å². The van der Waals surface area contributed by atoms with Gasteiger partial charge in [-0.1, -0.05) is 0 Å². The van der Waals surface area contributed by atoms with E-state index in [1.165, 1.54) is 12.8 Å². The van der Waals surface area contributed by atoms with Crippen LogP contribution in [0.4, 0.5) is 5.69 Å². The zero-order chi connectivity index (χ0) is 9.42. The molecule has 0 saturated heterocycles. The first kappa shape index (κ1) is 8.35. The van der Waals surface area contributed by atoms with Crippen molar-refractivity contribution in [3.63, 3.8) is 0 Å². The van der Waals surface area contributed by atoms with Crippen molar-refractivity contribution in [2.24, 2.45) is 0 Å². The Bertz CT molecular complexity index is 377. The van der Waals surface area contributed by atoms with Gasteiger partial charge in [0, 0.05) is 12.2 Å².